The van der Waals surface area contributed by atoms with Crippen LogP contribution in [0.2, 0.25) is 0 Å². The van der Waals surface area contributed by atoms with E-state index in [0.717, 1.165) is 23.4 Å². The van der Waals surface area contributed by atoms with Gasteiger partial charge < -0.3 is 19.7 Å². The maximum Gasteiger partial charge on any atom is 0.253 e. The second-order valence-electron chi connectivity index (χ2n) is 8.68. The third kappa shape index (κ3) is 5.15. The van der Waals surface area contributed by atoms with Crippen LogP contribution in [0.3, 0.4) is 0 Å². The van der Waals surface area contributed by atoms with E-state index in [4.69, 9.17) is 21.7 Å². The van der Waals surface area contributed by atoms with Gasteiger partial charge in [-0.05, 0) is 69.1 Å². The molecule has 0 aliphatic carbocycles. The highest BCUT2D eigenvalue weighted by Crippen LogP contribution is 2.41. The number of hydrogen-bond donors (Lipinski definition) is 1. The molecule has 0 saturated heterocycles. The van der Waals surface area contributed by atoms with Gasteiger partial charge in [0.2, 0.25) is 0 Å². The van der Waals surface area contributed by atoms with Crippen LogP contribution in [0.4, 0.5) is 5.69 Å². The first-order valence-electron chi connectivity index (χ1n) is 12.2. The number of amides is 1. The molecule has 1 amide bonds. The molecule has 2 atom stereocenters. The van der Waals surface area contributed by atoms with Crippen LogP contribution >= 0.6 is 12.2 Å². The Morgan fingerprint density at radius 3 is 2.29 bits per heavy atom. The first-order chi connectivity index (χ1) is 16.8. The van der Waals surface area contributed by atoms with Gasteiger partial charge in [-0.1, -0.05) is 38.1 Å². The number of hydrogen-bond acceptors (Lipinski definition) is 4. The van der Waals surface area contributed by atoms with E-state index in [1.165, 1.54) is 5.56 Å². The molecule has 188 valence electrons. The molecule has 0 bridgehead atoms. The van der Waals surface area contributed by atoms with Crippen LogP contribution in [0.5, 0.6) is 11.5 Å². The monoisotopic (exact) mass is 495 g/mol. The lowest BCUT2D eigenvalue weighted by atomic mass is 9.92. The van der Waals surface area contributed by atoms with E-state index >= 15 is 0 Å². The normalized spacial score (nSPS) is 16.6. The highest BCUT2D eigenvalue weighted by atomic mass is 32.1. The predicted molar refractivity (Wildman–Crippen MR) is 146 cm³/mol. The third-order valence-electron chi connectivity index (χ3n) is 6.84. The molecule has 2 aromatic rings. The number of para-hydroxylation sites is 1. The molecule has 2 aromatic carbocycles. The van der Waals surface area contributed by atoms with Crippen molar-refractivity contribution >= 4 is 28.9 Å². The summed E-state index contributed by atoms with van der Waals surface area (Å²) in [5.74, 6) is 1.64. The molecule has 0 saturated carbocycles. The van der Waals surface area contributed by atoms with Crippen LogP contribution in [-0.2, 0) is 4.79 Å². The summed E-state index contributed by atoms with van der Waals surface area (Å²) in [6, 6.07) is 13.6. The van der Waals surface area contributed by atoms with E-state index in [2.05, 4.69) is 43.4 Å². The quantitative estimate of drug-likeness (QED) is 0.444. The minimum Gasteiger partial charge on any atom is -0.493 e. The minimum absolute atomic E-state index is 0.0291. The van der Waals surface area contributed by atoms with Crippen molar-refractivity contribution in [2.24, 2.45) is 0 Å². The highest BCUT2D eigenvalue weighted by Gasteiger charge is 2.37. The number of ether oxygens (including phenoxy) is 2. The molecule has 6 nitrogen and oxygen atoms in total. The van der Waals surface area contributed by atoms with Crippen molar-refractivity contribution in [3.05, 3.63) is 64.9 Å². The van der Waals surface area contributed by atoms with Crippen LogP contribution in [-0.4, -0.2) is 43.2 Å². The predicted octanol–water partition coefficient (Wildman–Crippen LogP) is 5.80. The minimum atomic E-state index is -0.476. The summed E-state index contributed by atoms with van der Waals surface area (Å²) in [6.45, 7) is 11.6. The fourth-order valence-electron chi connectivity index (χ4n) is 4.57. The average molecular weight is 496 g/mol. The number of carbonyl (C=O) groups excluding carboxylic acids is 1. The molecular formula is C28H37N3O3S. The van der Waals surface area contributed by atoms with Crippen molar-refractivity contribution in [1.82, 2.24) is 10.2 Å². The van der Waals surface area contributed by atoms with Gasteiger partial charge in [0.25, 0.3) is 5.91 Å². The van der Waals surface area contributed by atoms with Crippen molar-refractivity contribution < 1.29 is 14.3 Å². The lowest BCUT2D eigenvalue weighted by molar-refractivity contribution is -0.127. The molecule has 1 aliphatic heterocycles. The molecule has 35 heavy (non-hydrogen) atoms. The summed E-state index contributed by atoms with van der Waals surface area (Å²) in [5, 5.41) is 3.97. The van der Waals surface area contributed by atoms with Crippen molar-refractivity contribution in [1.29, 1.82) is 0 Å². The molecule has 0 spiro atoms. The van der Waals surface area contributed by atoms with E-state index in [0.29, 0.717) is 41.2 Å². The number of carbonyl (C=O) groups is 1. The SMILES string of the molecule is CC[C@@H](C)c1ccc(N2C(=S)N[C@H](c3cccc(OC)c3OC)C(C(=O)N(CC)CC)=C2C)cc1. The Morgan fingerprint density at radius 2 is 1.74 bits per heavy atom. The first-order valence-corrected chi connectivity index (χ1v) is 12.6. The molecular weight excluding hydrogens is 458 g/mol. The Balaban J connectivity index is 2.19. The number of thiocarbonyl (C=S) groups is 1. The zero-order valence-electron chi connectivity index (χ0n) is 21.8. The lowest BCUT2D eigenvalue weighted by Gasteiger charge is -2.39. The standard InChI is InChI=1S/C28H37N3O3S/c1-8-18(4)20-14-16-21(17-15-20)31-19(5)24(27(32)30(9-2)10-3)25(29-28(31)35)22-12-11-13-23(33-6)26(22)34-7/h11-18,25H,8-10H2,1-7H3,(H,29,35)/t18-,25-/m1/s1. The Morgan fingerprint density at radius 1 is 1.09 bits per heavy atom. The number of nitrogens with zero attached hydrogens (tertiary/aromatic N) is 2. The number of nitrogens with one attached hydrogen (secondary N) is 1. The number of allylic oxidation sites excluding steroid dienone is 1. The van der Waals surface area contributed by atoms with Crippen LogP contribution < -0.4 is 19.7 Å². The molecule has 3 rings (SSSR count). The van der Waals surface area contributed by atoms with Crippen molar-refractivity contribution in [3.8, 4) is 11.5 Å². The number of likely N-dealkylation sites (N-methyl/N-ethyl adjacent to an activating group) is 1. The van der Waals surface area contributed by atoms with Crippen LogP contribution in [0, 0.1) is 0 Å². The van der Waals surface area contributed by atoms with Gasteiger partial charge in [-0.15, -0.1) is 0 Å². The van der Waals surface area contributed by atoms with E-state index in [1.807, 2.05) is 48.8 Å². The molecule has 1 N–H and O–H groups in total. The number of methoxy groups -OCH3 is 2. The van der Waals surface area contributed by atoms with Gasteiger partial charge in [0.15, 0.2) is 16.6 Å². The molecule has 1 heterocycles. The first kappa shape index (κ1) is 26.5. The lowest BCUT2D eigenvalue weighted by Crippen LogP contribution is -2.50. The van der Waals surface area contributed by atoms with Gasteiger partial charge in [0.05, 0.1) is 25.8 Å². The van der Waals surface area contributed by atoms with Gasteiger partial charge in [-0.2, -0.15) is 0 Å². The average Bonchev–Trinajstić information content (AvgIpc) is 2.88. The molecule has 0 unspecified atom stereocenters. The molecule has 1 aliphatic rings. The van der Waals surface area contributed by atoms with Gasteiger partial charge in [0, 0.05) is 30.0 Å². The van der Waals surface area contributed by atoms with Crippen molar-refractivity contribution in [2.75, 3.05) is 32.2 Å². The second kappa shape index (κ2) is 11.6. The Labute approximate surface area is 214 Å². The number of rotatable bonds is 9. The van der Waals surface area contributed by atoms with E-state index in [-0.39, 0.29) is 5.91 Å². The maximum atomic E-state index is 13.9. The fraction of sp³-hybridized carbons (Fsp3) is 0.429. The summed E-state index contributed by atoms with van der Waals surface area (Å²) in [6.07, 6.45) is 1.08. The van der Waals surface area contributed by atoms with Gasteiger partial charge in [-0.25, -0.2) is 0 Å². The molecule has 0 radical (unpaired) electrons. The smallest absolute Gasteiger partial charge is 0.253 e. The Bertz CT molecular complexity index is 1090. The third-order valence-corrected chi connectivity index (χ3v) is 7.14. The van der Waals surface area contributed by atoms with Crippen molar-refractivity contribution in [2.45, 2.75) is 53.0 Å². The summed E-state index contributed by atoms with van der Waals surface area (Å²) < 4.78 is 11.3. The van der Waals surface area contributed by atoms with Crippen molar-refractivity contribution in [3.63, 3.8) is 0 Å². The number of benzene rings is 2. The van der Waals surface area contributed by atoms with Crippen LogP contribution in [0.25, 0.3) is 0 Å². The topological polar surface area (TPSA) is 54.0 Å². The summed E-state index contributed by atoms with van der Waals surface area (Å²) in [7, 11) is 3.21. The Hall–Kier alpha value is -3.06. The van der Waals surface area contributed by atoms with E-state index in [1.54, 1.807) is 14.2 Å². The second-order valence-corrected chi connectivity index (χ2v) is 9.06. The number of anilines is 1. The molecule has 7 heteroatoms. The van der Waals surface area contributed by atoms with Gasteiger partial charge in [-0.3, -0.25) is 9.69 Å². The largest absolute Gasteiger partial charge is 0.493 e. The molecule has 0 fully saturated rings. The van der Waals surface area contributed by atoms with Crippen LogP contribution in [0.15, 0.2) is 53.7 Å². The van der Waals surface area contributed by atoms with Gasteiger partial charge >= 0.3 is 0 Å². The van der Waals surface area contributed by atoms with Crippen LogP contribution in [0.1, 0.15) is 64.1 Å². The maximum absolute atomic E-state index is 13.9. The zero-order chi connectivity index (χ0) is 25.7. The Kier molecular flexibility index (Phi) is 8.78. The van der Waals surface area contributed by atoms with E-state index < -0.39 is 6.04 Å². The summed E-state index contributed by atoms with van der Waals surface area (Å²) in [5.41, 5.74) is 4.45. The molecule has 0 aromatic heterocycles. The van der Waals surface area contributed by atoms with E-state index in [9.17, 15) is 4.79 Å². The summed E-state index contributed by atoms with van der Waals surface area (Å²) >= 11 is 5.86. The zero-order valence-corrected chi connectivity index (χ0v) is 22.7. The summed E-state index contributed by atoms with van der Waals surface area (Å²) in [4.78, 5) is 17.6. The highest BCUT2D eigenvalue weighted by molar-refractivity contribution is 7.80. The van der Waals surface area contributed by atoms with Gasteiger partial charge in [0.1, 0.15) is 0 Å². The fourth-order valence-corrected chi connectivity index (χ4v) is 4.93.